The number of ether oxygens (including phenoxy) is 1. The summed E-state index contributed by atoms with van der Waals surface area (Å²) >= 11 is 7.33. The molecule has 0 saturated carbocycles. The first-order valence-corrected chi connectivity index (χ1v) is 10.6. The highest BCUT2D eigenvalue weighted by molar-refractivity contribution is 7.16. The topological polar surface area (TPSA) is 79.2 Å². The Kier molecular flexibility index (Phi) is 5.84. The Morgan fingerprint density at radius 3 is 2.40 bits per heavy atom. The van der Waals surface area contributed by atoms with Gasteiger partial charge in [0.1, 0.15) is 16.8 Å². The van der Waals surface area contributed by atoms with Crippen molar-refractivity contribution in [3.63, 3.8) is 0 Å². The summed E-state index contributed by atoms with van der Waals surface area (Å²) in [7, 11) is 0. The number of hydrogen-bond acceptors (Lipinski definition) is 5. The Balaban J connectivity index is 1.35. The van der Waals surface area contributed by atoms with Gasteiger partial charge in [-0.05, 0) is 73.4 Å². The summed E-state index contributed by atoms with van der Waals surface area (Å²) in [6, 6.07) is 15.5. The van der Waals surface area contributed by atoms with E-state index in [1.165, 1.54) is 16.2 Å². The lowest BCUT2D eigenvalue weighted by Crippen LogP contribution is -2.20. The van der Waals surface area contributed by atoms with Crippen LogP contribution in [-0.4, -0.2) is 18.3 Å². The molecule has 0 unspecified atom stereocenters. The van der Waals surface area contributed by atoms with Crippen LogP contribution in [-0.2, 0) is 17.6 Å². The predicted octanol–water partition coefficient (Wildman–Crippen LogP) is 5.01. The number of anilines is 1. The van der Waals surface area contributed by atoms with Crippen LogP contribution in [0.15, 0.2) is 48.5 Å². The summed E-state index contributed by atoms with van der Waals surface area (Å²) in [5.41, 5.74) is 2.70. The van der Waals surface area contributed by atoms with Crippen LogP contribution in [0.2, 0.25) is 5.02 Å². The number of nitrogens with zero attached hydrogens (tertiary/aromatic N) is 1. The first-order chi connectivity index (χ1) is 14.5. The highest BCUT2D eigenvalue weighted by Gasteiger charge is 2.23. The van der Waals surface area contributed by atoms with Crippen LogP contribution in [0.5, 0.6) is 5.75 Å². The molecule has 1 heterocycles. The highest BCUT2D eigenvalue weighted by atomic mass is 35.5. The summed E-state index contributed by atoms with van der Waals surface area (Å²) in [6.45, 7) is -0.183. The van der Waals surface area contributed by atoms with E-state index >= 15 is 0 Å². The lowest BCUT2D eigenvalue weighted by atomic mass is 10.0. The largest absolute Gasteiger partial charge is 0.484 e. The lowest BCUT2D eigenvalue weighted by molar-refractivity contribution is -0.118. The molecule has 0 atom stereocenters. The third-order valence-electron chi connectivity index (χ3n) is 4.88. The summed E-state index contributed by atoms with van der Waals surface area (Å²) in [5, 5.41) is 13.4. The first-order valence-electron chi connectivity index (χ1n) is 9.43. The minimum absolute atomic E-state index is 0.120. The number of carbonyl (C=O) groups excluding carboxylic acids is 2. The number of benzene rings is 2. The normalized spacial score (nSPS) is 12.1. The number of halogens is 1. The fourth-order valence-electron chi connectivity index (χ4n) is 3.39. The number of aryl methyl sites for hydroxylation is 1. The minimum atomic E-state index is -0.326. The third kappa shape index (κ3) is 4.23. The van der Waals surface area contributed by atoms with E-state index in [2.05, 4.69) is 11.4 Å². The Hall–Kier alpha value is -3.14. The van der Waals surface area contributed by atoms with E-state index in [0.29, 0.717) is 32.5 Å². The lowest BCUT2D eigenvalue weighted by Gasteiger charge is -2.08. The number of nitriles is 1. The maximum absolute atomic E-state index is 12.5. The van der Waals surface area contributed by atoms with Gasteiger partial charge in [-0.2, -0.15) is 5.26 Å². The number of amides is 1. The zero-order chi connectivity index (χ0) is 21.1. The highest BCUT2D eigenvalue weighted by Crippen LogP contribution is 2.38. The summed E-state index contributed by atoms with van der Waals surface area (Å²) in [4.78, 5) is 25.9. The van der Waals surface area contributed by atoms with Gasteiger partial charge in [0, 0.05) is 21.0 Å². The van der Waals surface area contributed by atoms with Crippen LogP contribution in [0.25, 0.3) is 0 Å². The number of rotatable bonds is 6. The van der Waals surface area contributed by atoms with Gasteiger partial charge in [-0.3, -0.25) is 9.59 Å². The number of ketones is 1. The molecule has 1 amide bonds. The maximum Gasteiger partial charge on any atom is 0.262 e. The van der Waals surface area contributed by atoms with Gasteiger partial charge in [0.25, 0.3) is 5.91 Å². The smallest absolute Gasteiger partial charge is 0.262 e. The zero-order valence-electron chi connectivity index (χ0n) is 15.9. The van der Waals surface area contributed by atoms with Gasteiger partial charge in [-0.15, -0.1) is 11.3 Å². The molecule has 1 N–H and O–H groups in total. The van der Waals surface area contributed by atoms with Crippen LogP contribution in [0.3, 0.4) is 0 Å². The van der Waals surface area contributed by atoms with Gasteiger partial charge in [0.2, 0.25) is 0 Å². The number of thiophene rings is 1. The number of carbonyl (C=O) groups is 2. The minimum Gasteiger partial charge on any atom is -0.484 e. The van der Waals surface area contributed by atoms with E-state index in [-0.39, 0.29) is 18.3 Å². The van der Waals surface area contributed by atoms with Crippen LogP contribution in [0.1, 0.15) is 38.3 Å². The molecule has 3 aromatic rings. The Bertz CT molecular complexity index is 1140. The molecule has 0 radical (unpaired) electrons. The second-order valence-electron chi connectivity index (χ2n) is 6.87. The molecular weight excluding hydrogens is 420 g/mol. The average molecular weight is 437 g/mol. The van der Waals surface area contributed by atoms with E-state index in [0.717, 1.165) is 24.8 Å². The second-order valence-corrected chi connectivity index (χ2v) is 8.41. The van der Waals surface area contributed by atoms with Gasteiger partial charge >= 0.3 is 0 Å². The molecule has 0 aliphatic heterocycles. The van der Waals surface area contributed by atoms with E-state index in [4.69, 9.17) is 16.3 Å². The quantitative estimate of drug-likeness (QED) is 0.551. The van der Waals surface area contributed by atoms with Crippen molar-refractivity contribution in [3.8, 4) is 11.8 Å². The maximum atomic E-state index is 12.5. The molecule has 4 rings (SSSR count). The van der Waals surface area contributed by atoms with Crippen molar-refractivity contribution in [2.75, 3.05) is 11.9 Å². The molecule has 0 bridgehead atoms. The van der Waals surface area contributed by atoms with E-state index in [1.807, 2.05) is 0 Å². The van der Waals surface area contributed by atoms with Gasteiger partial charge in [0.15, 0.2) is 12.4 Å². The van der Waals surface area contributed by atoms with Crippen LogP contribution < -0.4 is 10.1 Å². The number of nitrogens with one attached hydrogen (secondary N) is 1. The monoisotopic (exact) mass is 436 g/mol. The second kappa shape index (κ2) is 8.70. The van der Waals surface area contributed by atoms with Crippen LogP contribution in [0, 0.1) is 11.3 Å². The molecule has 30 heavy (non-hydrogen) atoms. The molecule has 150 valence electrons. The Morgan fingerprint density at radius 1 is 1.07 bits per heavy atom. The van der Waals surface area contributed by atoms with E-state index in [9.17, 15) is 14.9 Å². The van der Waals surface area contributed by atoms with Crippen molar-refractivity contribution in [1.29, 1.82) is 5.26 Å². The Labute approximate surface area is 182 Å². The first kappa shape index (κ1) is 20.1. The predicted molar refractivity (Wildman–Crippen MR) is 117 cm³/mol. The number of fused-ring (bicyclic) bond motifs is 1. The standard InChI is InChI=1S/C23H17ClN2O3S/c24-16-8-4-14(5-9-16)22(28)15-6-10-17(11-7-15)29-13-21(27)26-23-19(12-25)18-2-1-3-20(18)30-23/h4-11H,1-3,13H2,(H,26,27). The molecular formula is C23H17ClN2O3S. The Morgan fingerprint density at radius 2 is 1.73 bits per heavy atom. The third-order valence-corrected chi connectivity index (χ3v) is 6.34. The molecule has 7 heteroatoms. The van der Waals surface area contributed by atoms with E-state index < -0.39 is 0 Å². The van der Waals surface area contributed by atoms with Gasteiger partial charge < -0.3 is 10.1 Å². The fourth-order valence-corrected chi connectivity index (χ4v) is 4.77. The van der Waals surface area contributed by atoms with Crippen molar-refractivity contribution in [2.24, 2.45) is 0 Å². The van der Waals surface area contributed by atoms with E-state index in [1.54, 1.807) is 48.5 Å². The van der Waals surface area contributed by atoms with Gasteiger partial charge in [0.05, 0.1) is 5.56 Å². The average Bonchev–Trinajstić information content (AvgIpc) is 3.33. The van der Waals surface area contributed by atoms with Crippen molar-refractivity contribution < 1.29 is 14.3 Å². The fraction of sp³-hybridized carbons (Fsp3) is 0.174. The van der Waals surface area contributed by atoms with Crippen molar-refractivity contribution >= 4 is 39.6 Å². The number of hydrogen-bond donors (Lipinski definition) is 1. The summed E-state index contributed by atoms with van der Waals surface area (Å²) in [5.74, 6) is 0.0328. The van der Waals surface area contributed by atoms with Gasteiger partial charge in [-0.1, -0.05) is 11.6 Å². The molecule has 1 aliphatic carbocycles. The van der Waals surface area contributed by atoms with Crippen molar-refractivity contribution in [1.82, 2.24) is 0 Å². The molecule has 2 aromatic carbocycles. The van der Waals surface area contributed by atoms with Gasteiger partial charge in [-0.25, -0.2) is 0 Å². The van der Waals surface area contributed by atoms with Crippen LogP contribution >= 0.6 is 22.9 Å². The molecule has 1 aliphatic rings. The molecule has 0 spiro atoms. The molecule has 0 saturated heterocycles. The van der Waals surface area contributed by atoms with Crippen molar-refractivity contribution in [2.45, 2.75) is 19.3 Å². The molecule has 0 fully saturated rings. The SMILES string of the molecule is N#Cc1c(NC(=O)COc2ccc(C(=O)c3ccc(Cl)cc3)cc2)sc2c1CCC2. The molecule has 5 nitrogen and oxygen atoms in total. The van der Waals surface area contributed by atoms with Crippen molar-refractivity contribution in [3.05, 3.63) is 80.7 Å². The molecule has 1 aromatic heterocycles. The zero-order valence-corrected chi connectivity index (χ0v) is 17.5. The summed E-state index contributed by atoms with van der Waals surface area (Å²) in [6.07, 6.45) is 2.91. The summed E-state index contributed by atoms with van der Waals surface area (Å²) < 4.78 is 5.53. The van der Waals surface area contributed by atoms with Crippen LogP contribution in [0.4, 0.5) is 5.00 Å².